The lowest BCUT2D eigenvalue weighted by molar-refractivity contribution is -0.121. The minimum Gasteiger partial charge on any atom is -0.493 e. The molecule has 0 saturated carbocycles. The van der Waals surface area contributed by atoms with Gasteiger partial charge in [0.05, 0.1) is 14.2 Å². The van der Waals surface area contributed by atoms with Gasteiger partial charge in [-0.15, -0.1) is 0 Å². The van der Waals surface area contributed by atoms with Crippen molar-refractivity contribution in [1.29, 1.82) is 0 Å². The van der Waals surface area contributed by atoms with Crippen LogP contribution in [0, 0.1) is 13.8 Å². The van der Waals surface area contributed by atoms with E-state index in [-0.39, 0.29) is 5.91 Å². The molecule has 0 fully saturated rings. The Bertz CT molecular complexity index is 975. The zero-order chi connectivity index (χ0) is 20.1. The highest BCUT2D eigenvalue weighted by molar-refractivity contribution is 5.85. The number of aryl methyl sites for hydroxylation is 3. The standard InChI is InChI=1S/C23H28N2O3/c1-15-5-8-20-19(13-15)18(16(2)25-20)11-12-24-23(26)10-7-17-6-9-21(27-3)22(14-17)28-4/h5-6,8-9,13-14,25H,7,10-12H2,1-4H3,(H,24,26). The number of carbonyl (C=O) groups is 1. The molecule has 0 atom stereocenters. The summed E-state index contributed by atoms with van der Waals surface area (Å²) in [6, 6.07) is 12.2. The second-order valence-electron chi connectivity index (χ2n) is 7.07. The third-order valence-corrected chi connectivity index (χ3v) is 5.06. The van der Waals surface area contributed by atoms with Gasteiger partial charge in [-0.3, -0.25) is 4.79 Å². The maximum Gasteiger partial charge on any atom is 0.220 e. The van der Waals surface area contributed by atoms with Crippen LogP contribution in [-0.2, 0) is 17.6 Å². The molecule has 1 aromatic heterocycles. The second kappa shape index (κ2) is 8.83. The van der Waals surface area contributed by atoms with E-state index in [1.54, 1.807) is 14.2 Å². The van der Waals surface area contributed by atoms with Gasteiger partial charge in [-0.05, 0) is 62.1 Å². The van der Waals surface area contributed by atoms with Crippen LogP contribution in [0.1, 0.15) is 28.8 Å². The number of hydrogen-bond donors (Lipinski definition) is 2. The Balaban J connectivity index is 1.53. The number of amides is 1. The average Bonchev–Trinajstić information content (AvgIpc) is 3.00. The number of fused-ring (bicyclic) bond motifs is 1. The smallest absolute Gasteiger partial charge is 0.220 e. The molecule has 0 spiro atoms. The van der Waals surface area contributed by atoms with Crippen molar-refractivity contribution in [3.8, 4) is 11.5 Å². The van der Waals surface area contributed by atoms with Gasteiger partial charge >= 0.3 is 0 Å². The van der Waals surface area contributed by atoms with Crippen molar-refractivity contribution in [2.24, 2.45) is 0 Å². The van der Waals surface area contributed by atoms with Gasteiger partial charge in [-0.2, -0.15) is 0 Å². The van der Waals surface area contributed by atoms with Crippen LogP contribution >= 0.6 is 0 Å². The molecule has 0 aliphatic rings. The van der Waals surface area contributed by atoms with Gasteiger partial charge in [0.15, 0.2) is 11.5 Å². The first-order valence-electron chi connectivity index (χ1n) is 9.57. The molecule has 0 aliphatic carbocycles. The summed E-state index contributed by atoms with van der Waals surface area (Å²) in [4.78, 5) is 15.7. The Morgan fingerprint density at radius 2 is 1.79 bits per heavy atom. The Hall–Kier alpha value is -2.95. The van der Waals surface area contributed by atoms with Crippen LogP contribution in [0.3, 0.4) is 0 Å². The van der Waals surface area contributed by atoms with Gasteiger partial charge in [-0.1, -0.05) is 17.7 Å². The number of aromatic amines is 1. The predicted octanol–water partition coefficient (Wildman–Crippen LogP) is 4.09. The summed E-state index contributed by atoms with van der Waals surface area (Å²) in [6.45, 7) is 4.82. The van der Waals surface area contributed by atoms with E-state index >= 15 is 0 Å². The monoisotopic (exact) mass is 380 g/mol. The Kier molecular flexibility index (Phi) is 6.24. The number of benzene rings is 2. The van der Waals surface area contributed by atoms with Crippen molar-refractivity contribution < 1.29 is 14.3 Å². The summed E-state index contributed by atoms with van der Waals surface area (Å²) in [5.41, 5.74) is 5.89. The molecule has 2 aromatic carbocycles. The largest absolute Gasteiger partial charge is 0.493 e. The van der Waals surface area contributed by atoms with E-state index in [1.165, 1.54) is 22.2 Å². The van der Waals surface area contributed by atoms with Crippen LogP contribution in [0.5, 0.6) is 11.5 Å². The summed E-state index contributed by atoms with van der Waals surface area (Å²) < 4.78 is 10.6. The number of carbonyl (C=O) groups excluding carboxylic acids is 1. The van der Waals surface area contributed by atoms with Gasteiger partial charge in [0, 0.05) is 29.6 Å². The second-order valence-corrected chi connectivity index (χ2v) is 7.07. The molecule has 28 heavy (non-hydrogen) atoms. The molecule has 0 bridgehead atoms. The highest BCUT2D eigenvalue weighted by Gasteiger charge is 2.10. The molecule has 1 amide bonds. The molecule has 0 radical (unpaired) electrons. The fraction of sp³-hybridized carbons (Fsp3) is 0.348. The van der Waals surface area contributed by atoms with E-state index in [4.69, 9.17) is 9.47 Å². The highest BCUT2D eigenvalue weighted by Crippen LogP contribution is 2.28. The molecule has 0 aliphatic heterocycles. The molecule has 3 aromatic rings. The maximum atomic E-state index is 12.3. The normalized spacial score (nSPS) is 10.9. The van der Waals surface area contributed by atoms with Crippen molar-refractivity contribution >= 4 is 16.8 Å². The molecule has 1 heterocycles. The molecule has 0 unspecified atom stereocenters. The minimum absolute atomic E-state index is 0.0588. The molecular formula is C23H28N2O3. The van der Waals surface area contributed by atoms with Crippen LogP contribution in [0.4, 0.5) is 0 Å². The number of H-pyrrole nitrogens is 1. The Morgan fingerprint density at radius 1 is 1.00 bits per heavy atom. The third kappa shape index (κ3) is 4.47. The molecule has 5 nitrogen and oxygen atoms in total. The zero-order valence-electron chi connectivity index (χ0n) is 17.0. The predicted molar refractivity (Wildman–Crippen MR) is 112 cm³/mol. The first kappa shape index (κ1) is 19.8. The number of nitrogens with one attached hydrogen (secondary N) is 2. The average molecular weight is 380 g/mol. The summed E-state index contributed by atoms with van der Waals surface area (Å²) in [5.74, 6) is 1.44. The van der Waals surface area contributed by atoms with E-state index in [0.717, 1.165) is 17.5 Å². The van der Waals surface area contributed by atoms with Crippen LogP contribution < -0.4 is 14.8 Å². The number of ether oxygens (including phenoxy) is 2. The van der Waals surface area contributed by atoms with Gasteiger partial charge < -0.3 is 19.8 Å². The summed E-state index contributed by atoms with van der Waals surface area (Å²) in [5, 5.41) is 4.29. The maximum absolute atomic E-state index is 12.3. The molecular weight excluding hydrogens is 352 g/mol. The van der Waals surface area contributed by atoms with E-state index in [0.29, 0.717) is 30.9 Å². The van der Waals surface area contributed by atoms with Crippen LogP contribution in [-0.4, -0.2) is 31.7 Å². The number of methoxy groups -OCH3 is 2. The van der Waals surface area contributed by atoms with Gasteiger partial charge in [0.2, 0.25) is 5.91 Å². The van der Waals surface area contributed by atoms with Crippen molar-refractivity contribution in [2.45, 2.75) is 33.1 Å². The van der Waals surface area contributed by atoms with Crippen molar-refractivity contribution in [2.75, 3.05) is 20.8 Å². The first-order chi connectivity index (χ1) is 13.5. The van der Waals surface area contributed by atoms with E-state index in [9.17, 15) is 4.79 Å². The van der Waals surface area contributed by atoms with E-state index in [2.05, 4.69) is 42.3 Å². The highest BCUT2D eigenvalue weighted by atomic mass is 16.5. The van der Waals surface area contributed by atoms with Gasteiger partial charge in [-0.25, -0.2) is 0 Å². The SMILES string of the molecule is COc1ccc(CCC(=O)NCCc2c(C)[nH]c3ccc(C)cc23)cc1OC. The first-order valence-corrected chi connectivity index (χ1v) is 9.57. The van der Waals surface area contributed by atoms with Crippen LogP contribution in [0.2, 0.25) is 0 Å². The van der Waals surface area contributed by atoms with Crippen molar-refractivity contribution in [3.05, 3.63) is 58.8 Å². The van der Waals surface area contributed by atoms with E-state index < -0.39 is 0 Å². The van der Waals surface area contributed by atoms with Crippen molar-refractivity contribution in [1.82, 2.24) is 10.3 Å². The van der Waals surface area contributed by atoms with Gasteiger partial charge in [0.25, 0.3) is 0 Å². The van der Waals surface area contributed by atoms with E-state index in [1.807, 2.05) is 18.2 Å². The molecule has 3 rings (SSSR count). The molecule has 5 heteroatoms. The van der Waals surface area contributed by atoms with Crippen molar-refractivity contribution in [3.63, 3.8) is 0 Å². The molecule has 2 N–H and O–H groups in total. The fourth-order valence-electron chi connectivity index (χ4n) is 3.53. The lowest BCUT2D eigenvalue weighted by Crippen LogP contribution is -2.26. The molecule has 0 saturated heterocycles. The third-order valence-electron chi connectivity index (χ3n) is 5.06. The number of aromatic nitrogens is 1. The molecule has 148 valence electrons. The lowest BCUT2D eigenvalue weighted by atomic mass is 10.1. The number of rotatable bonds is 8. The number of hydrogen-bond acceptors (Lipinski definition) is 3. The van der Waals surface area contributed by atoms with Crippen LogP contribution in [0.25, 0.3) is 10.9 Å². The fourth-order valence-corrected chi connectivity index (χ4v) is 3.53. The quantitative estimate of drug-likeness (QED) is 0.619. The minimum atomic E-state index is 0.0588. The topological polar surface area (TPSA) is 63.3 Å². The summed E-state index contributed by atoms with van der Waals surface area (Å²) >= 11 is 0. The Labute approximate surface area is 166 Å². The summed E-state index contributed by atoms with van der Waals surface area (Å²) in [7, 11) is 3.23. The van der Waals surface area contributed by atoms with Crippen LogP contribution in [0.15, 0.2) is 36.4 Å². The van der Waals surface area contributed by atoms with Gasteiger partial charge in [0.1, 0.15) is 0 Å². The Morgan fingerprint density at radius 3 is 2.54 bits per heavy atom. The summed E-state index contributed by atoms with van der Waals surface area (Å²) in [6.07, 6.45) is 1.93. The lowest BCUT2D eigenvalue weighted by Gasteiger charge is -2.10. The zero-order valence-corrected chi connectivity index (χ0v) is 17.0.